The molecule has 2 atom stereocenters. The van der Waals surface area contributed by atoms with Crippen molar-refractivity contribution in [2.45, 2.75) is 45.8 Å². The van der Waals surface area contributed by atoms with E-state index in [-0.39, 0.29) is 18.0 Å². The van der Waals surface area contributed by atoms with Crippen LogP contribution in [0.2, 0.25) is 0 Å². The fourth-order valence-corrected chi connectivity index (χ4v) is 3.62. The van der Waals surface area contributed by atoms with E-state index in [0.717, 1.165) is 31.2 Å². The average molecular weight is 321 g/mol. The van der Waals surface area contributed by atoms with E-state index in [9.17, 15) is 4.79 Å². The number of morpholine rings is 1. The highest BCUT2D eigenvalue weighted by Crippen LogP contribution is 2.28. The van der Waals surface area contributed by atoms with Gasteiger partial charge in [-0.3, -0.25) is 9.69 Å². The molecule has 1 fully saturated rings. The lowest BCUT2D eigenvalue weighted by molar-refractivity contribution is -0.144. The molecule has 2 aliphatic rings. The van der Waals surface area contributed by atoms with Crippen molar-refractivity contribution in [3.05, 3.63) is 11.6 Å². The highest BCUT2D eigenvalue weighted by molar-refractivity contribution is 5.82. The number of rotatable bonds is 3. The first-order valence-corrected chi connectivity index (χ1v) is 8.44. The van der Waals surface area contributed by atoms with Gasteiger partial charge < -0.3 is 14.2 Å². The van der Waals surface area contributed by atoms with Gasteiger partial charge in [-0.05, 0) is 26.3 Å². The maximum Gasteiger partial charge on any atom is 0.242 e. The predicted octanol–water partition coefficient (Wildman–Crippen LogP) is 0.847. The lowest BCUT2D eigenvalue weighted by Gasteiger charge is -2.39. The van der Waals surface area contributed by atoms with Crippen LogP contribution < -0.4 is 0 Å². The molecule has 0 N–H and O–H groups in total. The van der Waals surface area contributed by atoms with Gasteiger partial charge in [-0.1, -0.05) is 13.8 Å². The van der Waals surface area contributed by atoms with Crippen LogP contribution in [0, 0.1) is 12.8 Å². The zero-order chi connectivity index (χ0) is 16.6. The minimum atomic E-state index is -0.181. The van der Waals surface area contributed by atoms with E-state index >= 15 is 0 Å². The van der Waals surface area contributed by atoms with Crippen molar-refractivity contribution in [1.82, 2.24) is 24.6 Å². The molecule has 7 nitrogen and oxygen atoms in total. The van der Waals surface area contributed by atoms with Crippen LogP contribution >= 0.6 is 0 Å². The second-order valence-corrected chi connectivity index (χ2v) is 7.11. The summed E-state index contributed by atoms with van der Waals surface area (Å²) in [7, 11) is 1.99. The summed E-state index contributed by atoms with van der Waals surface area (Å²) >= 11 is 0. The van der Waals surface area contributed by atoms with Gasteiger partial charge in [-0.15, -0.1) is 10.2 Å². The Balaban J connectivity index is 1.80. The van der Waals surface area contributed by atoms with Crippen molar-refractivity contribution in [2.24, 2.45) is 5.92 Å². The molecular formula is C16H27N5O2. The Morgan fingerprint density at radius 2 is 2.17 bits per heavy atom. The molecule has 2 aliphatic heterocycles. The summed E-state index contributed by atoms with van der Waals surface area (Å²) in [4.78, 5) is 17.0. The van der Waals surface area contributed by atoms with Gasteiger partial charge in [0.1, 0.15) is 11.9 Å². The quantitative estimate of drug-likeness (QED) is 0.826. The zero-order valence-corrected chi connectivity index (χ0v) is 14.5. The third kappa shape index (κ3) is 3.26. The molecule has 0 aromatic carbocycles. The molecule has 23 heavy (non-hydrogen) atoms. The molecule has 3 heterocycles. The van der Waals surface area contributed by atoms with Gasteiger partial charge in [0, 0.05) is 13.1 Å². The fourth-order valence-electron chi connectivity index (χ4n) is 3.62. The highest BCUT2D eigenvalue weighted by Gasteiger charge is 2.36. The molecule has 0 spiro atoms. The SMILES string of the molecule is Cc1nnc2n1[C@@H](CC(C)C)CN(C(=O)[C@@H]1COCCN1C)C2. The first-order chi connectivity index (χ1) is 11.0. The van der Waals surface area contributed by atoms with E-state index < -0.39 is 0 Å². The summed E-state index contributed by atoms with van der Waals surface area (Å²) in [6.07, 6.45) is 1.02. The molecule has 128 valence electrons. The second-order valence-electron chi connectivity index (χ2n) is 7.11. The number of carbonyl (C=O) groups is 1. The number of hydrogen-bond donors (Lipinski definition) is 0. The van der Waals surface area contributed by atoms with Crippen LogP contribution in [0.1, 0.15) is 38.0 Å². The van der Waals surface area contributed by atoms with Crippen molar-refractivity contribution in [3.8, 4) is 0 Å². The molecule has 1 saturated heterocycles. The molecule has 0 bridgehead atoms. The van der Waals surface area contributed by atoms with E-state index in [1.54, 1.807) is 0 Å². The van der Waals surface area contributed by atoms with Gasteiger partial charge >= 0.3 is 0 Å². The van der Waals surface area contributed by atoms with Gasteiger partial charge in [0.25, 0.3) is 0 Å². The van der Waals surface area contributed by atoms with Crippen LogP contribution in [-0.4, -0.2) is 69.9 Å². The third-order valence-electron chi connectivity index (χ3n) is 4.80. The monoisotopic (exact) mass is 321 g/mol. The van der Waals surface area contributed by atoms with Crippen LogP contribution in [0.15, 0.2) is 0 Å². The number of amides is 1. The summed E-state index contributed by atoms with van der Waals surface area (Å²) in [5.74, 6) is 2.54. The number of hydrogen-bond acceptors (Lipinski definition) is 5. The summed E-state index contributed by atoms with van der Waals surface area (Å²) in [6, 6.07) is 0.0755. The van der Waals surface area contributed by atoms with Gasteiger partial charge in [-0.25, -0.2) is 0 Å². The molecule has 0 saturated carbocycles. The number of carbonyl (C=O) groups excluding carboxylic acids is 1. The largest absolute Gasteiger partial charge is 0.378 e. The molecule has 1 aromatic rings. The van der Waals surface area contributed by atoms with Crippen LogP contribution in [0.4, 0.5) is 0 Å². The molecule has 0 radical (unpaired) electrons. The smallest absolute Gasteiger partial charge is 0.242 e. The lowest BCUT2D eigenvalue weighted by atomic mass is 10.0. The van der Waals surface area contributed by atoms with Crippen LogP contribution in [-0.2, 0) is 16.1 Å². The van der Waals surface area contributed by atoms with E-state index in [4.69, 9.17) is 4.74 Å². The first kappa shape index (κ1) is 16.4. The zero-order valence-electron chi connectivity index (χ0n) is 14.5. The van der Waals surface area contributed by atoms with E-state index in [0.29, 0.717) is 25.7 Å². The van der Waals surface area contributed by atoms with Crippen molar-refractivity contribution < 1.29 is 9.53 Å². The van der Waals surface area contributed by atoms with E-state index in [2.05, 4.69) is 33.5 Å². The predicted molar refractivity (Wildman–Crippen MR) is 85.9 cm³/mol. The van der Waals surface area contributed by atoms with Crippen LogP contribution in [0.3, 0.4) is 0 Å². The minimum absolute atomic E-state index is 0.146. The molecule has 1 aromatic heterocycles. The second kappa shape index (κ2) is 6.57. The fraction of sp³-hybridized carbons (Fsp3) is 0.812. The van der Waals surface area contributed by atoms with E-state index in [1.807, 2.05) is 18.9 Å². The number of aryl methyl sites for hydroxylation is 1. The topological polar surface area (TPSA) is 63.5 Å². The normalized spacial score (nSPS) is 25.7. The van der Waals surface area contributed by atoms with Gasteiger partial charge in [0.05, 0.1) is 25.8 Å². The number of nitrogens with zero attached hydrogens (tertiary/aromatic N) is 5. The highest BCUT2D eigenvalue weighted by atomic mass is 16.5. The summed E-state index contributed by atoms with van der Waals surface area (Å²) in [5.41, 5.74) is 0. The Labute approximate surface area is 137 Å². The Kier molecular flexibility index (Phi) is 4.68. The van der Waals surface area contributed by atoms with Crippen molar-refractivity contribution in [3.63, 3.8) is 0 Å². The van der Waals surface area contributed by atoms with Crippen molar-refractivity contribution in [1.29, 1.82) is 0 Å². The molecule has 0 unspecified atom stereocenters. The Hall–Kier alpha value is -1.47. The Bertz CT molecular complexity index is 571. The maximum atomic E-state index is 13.0. The summed E-state index contributed by atoms with van der Waals surface area (Å²) in [5, 5.41) is 8.50. The number of aromatic nitrogens is 3. The van der Waals surface area contributed by atoms with Crippen LogP contribution in [0.25, 0.3) is 0 Å². The molecule has 3 rings (SSSR count). The third-order valence-corrected chi connectivity index (χ3v) is 4.80. The first-order valence-electron chi connectivity index (χ1n) is 8.44. The molecule has 1 amide bonds. The summed E-state index contributed by atoms with van der Waals surface area (Å²) in [6.45, 7) is 9.66. The molecule has 7 heteroatoms. The lowest BCUT2D eigenvalue weighted by Crippen LogP contribution is -2.55. The standard InChI is InChI=1S/C16H27N5O2/c1-11(2)7-13-8-20(9-15-18-17-12(3)21(13)15)16(22)14-10-23-6-5-19(14)4/h11,13-14H,5-10H2,1-4H3/t13-,14-/m0/s1. The van der Waals surface area contributed by atoms with Crippen LogP contribution in [0.5, 0.6) is 0 Å². The number of likely N-dealkylation sites (N-methyl/N-ethyl adjacent to an activating group) is 1. The van der Waals surface area contributed by atoms with E-state index in [1.165, 1.54) is 0 Å². The molecular weight excluding hydrogens is 294 g/mol. The van der Waals surface area contributed by atoms with Gasteiger partial charge in [0.15, 0.2) is 5.82 Å². The van der Waals surface area contributed by atoms with Crippen molar-refractivity contribution in [2.75, 3.05) is 33.4 Å². The number of fused-ring (bicyclic) bond motifs is 1. The van der Waals surface area contributed by atoms with Gasteiger partial charge in [-0.2, -0.15) is 0 Å². The van der Waals surface area contributed by atoms with Crippen molar-refractivity contribution >= 4 is 5.91 Å². The Morgan fingerprint density at radius 3 is 2.87 bits per heavy atom. The average Bonchev–Trinajstić information content (AvgIpc) is 2.88. The molecule has 0 aliphatic carbocycles. The maximum absolute atomic E-state index is 13.0. The van der Waals surface area contributed by atoms with Gasteiger partial charge in [0.2, 0.25) is 5.91 Å². The number of ether oxygens (including phenoxy) is 1. The summed E-state index contributed by atoms with van der Waals surface area (Å²) < 4.78 is 7.72. The minimum Gasteiger partial charge on any atom is -0.378 e. The Morgan fingerprint density at radius 1 is 1.39 bits per heavy atom.